The van der Waals surface area contributed by atoms with E-state index in [9.17, 15) is 20.6 Å². The quantitative estimate of drug-likeness (QED) is 0.595. The Morgan fingerprint density at radius 1 is 1.11 bits per heavy atom. The topological polar surface area (TPSA) is 89.7 Å². The van der Waals surface area contributed by atoms with Gasteiger partial charge in [0.25, 0.3) is 0 Å². The predicted octanol–water partition coefficient (Wildman–Crippen LogP) is 1.57. The average Bonchev–Trinajstić information content (AvgIpc) is 2.37. The summed E-state index contributed by atoms with van der Waals surface area (Å²) in [6, 6.07) is 3.70. The van der Waals surface area contributed by atoms with Crippen LogP contribution in [0.25, 0.3) is 0 Å². The smallest absolute Gasteiger partial charge is 0.317 e. The van der Waals surface area contributed by atoms with E-state index in [1.807, 2.05) is 0 Å². The van der Waals surface area contributed by atoms with Crippen LogP contribution in [0.3, 0.4) is 0 Å². The zero-order valence-corrected chi connectivity index (χ0v) is 11.3. The minimum absolute atomic E-state index is 0.110. The van der Waals surface area contributed by atoms with Crippen LogP contribution >= 0.6 is 0 Å². The molecule has 0 saturated heterocycles. The van der Waals surface area contributed by atoms with Crippen LogP contribution in [0.4, 0.5) is 0 Å². The number of amidine groups is 1. The summed E-state index contributed by atoms with van der Waals surface area (Å²) < 4.78 is 0.633. The van der Waals surface area contributed by atoms with E-state index in [-0.39, 0.29) is 22.9 Å². The summed E-state index contributed by atoms with van der Waals surface area (Å²) in [7, 11) is 0. The molecule has 6 nitrogen and oxygen atoms in total. The van der Waals surface area contributed by atoms with E-state index in [4.69, 9.17) is 0 Å². The molecule has 1 aliphatic heterocycles. The van der Waals surface area contributed by atoms with Crippen molar-refractivity contribution in [3.05, 3.63) is 29.0 Å². The minimum Gasteiger partial charge on any atom is -0.714 e. The Labute approximate surface area is 111 Å². The van der Waals surface area contributed by atoms with Crippen LogP contribution in [-0.4, -0.2) is 36.9 Å². The normalized spacial score (nSPS) is 21.0. The molecule has 0 unspecified atom stereocenters. The minimum atomic E-state index is -0.925. The number of phenolic OH excluding ortho intramolecular Hbond substituents is 2. The number of rotatable bonds is 1. The van der Waals surface area contributed by atoms with Crippen molar-refractivity contribution >= 4 is 5.84 Å². The van der Waals surface area contributed by atoms with Gasteiger partial charge in [0, 0.05) is 11.3 Å². The van der Waals surface area contributed by atoms with Crippen LogP contribution in [0, 0.1) is 5.21 Å². The first-order valence-electron chi connectivity index (χ1n) is 5.94. The first kappa shape index (κ1) is 13.5. The van der Waals surface area contributed by atoms with Crippen LogP contribution < -0.4 is 0 Å². The molecule has 0 atom stereocenters. The fraction of sp³-hybridized carbons (Fsp3) is 0.462. The molecular formula is C13H17N2O4. The average molecular weight is 265 g/mol. The molecule has 1 radical (unpaired) electrons. The number of phenols is 2. The number of aromatic hydroxyl groups is 2. The fourth-order valence-electron chi connectivity index (χ4n) is 2.07. The van der Waals surface area contributed by atoms with Crippen molar-refractivity contribution in [2.45, 2.75) is 38.8 Å². The molecule has 6 heteroatoms. The summed E-state index contributed by atoms with van der Waals surface area (Å²) in [5, 5.41) is 44.3. The van der Waals surface area contributed by atoms with Crippen LogP contribution in [0.1, 0.15) is 33.3 Å². The summed E-state index contributed by atoms with van der Waals surface area (Å²) in [6.07, 6.45) is 0. The number of hydrogen-bond donors (Lipinski definition) is 2. The van der Waals surface area contributed by atoms with E-state index < -0.39 is 11.1 Å². The zero-order chi connectivity index (χ0) is 14.6. The fourth-order valence-corrected chi connectivity index (χ4v) is 2.07. The van der Waals surface area contributed by atoms with Crippen molar-refractivity contribution in [3.8, 4) is 11.5 Å². The van der Waals surface area contributed by atoms with E-state index in [0.29, 0.717) is 9.80 Å². The first-order valence-corrected chi connectivity index (χ1v) is 5.94. The number of hydrogen-bond acceptors (Lipinski definition) is 4. The lowest BCUT2D eigenvalue weighted by atomic mass is 9.84. The Balaban J connectivity index is 2.65. The van der Waals surface area contributed by atoms with E-state index in [0.717, 1.165) is 6.07 Å². The van der Waals surface area contributed by atoms with Gasteiger partial charge in [-0.15, -0.1) is 0 Å². The van der Waals surface area contributed by atoms with E-state index >= 15 is 0 Å². The standard InChI is InChI=1S/C13H17N2O4/c1-12(2)13(3,4)15(19)11(14(12)18)8-5-9(16)7-10(17)6-8/h5-7,16-17H,1-4H3. The largest absolute Gasteiger partial charge is 0.714 e. The van der Waals surface area contributed by atoms with Gasteiger partial charge in [0.1, 0.15) is 17.0 Å². The van der Waals surface area contributed by atoms with Gasteiger partial charge in [-0.2, -0.15) is 0 Å². The molecule has 2 N–H and O–H groups in total. The van der Waals surface area contributed by atoms with Crippen LogP contribution in [0.15, 0.2) is 18.2 Å². The molecule has 1 heterocycles. The Morgan fingerprint density at radius 2 is 1.58 bits per heavy atom. The first-order chi connectivity index (χ1) is 8.59. The second-order valence-electron chi connectivity index (χ2n) is 5.77. The van der Waals surface area contributed by atoms with Gasteiger partial charge < -0.3 is 15.4 Å². The molecule has 19 heavy (non-hydrogen) atoms. The molecular weight excluding hydrogens is 248 g/mol. The number of benzene rings is 1. The van der Waals surface area contributed by atoms with Crippen LogP contribution in [-0.2, 0) is 5.21 Å². The summed E-state index contributed by atoms with van der Waals surface area (Å²) in [5.74, 6) is -0.514. The molecule has 0 aromatic heterocycles. The Kier molecular flexibility index (Phi) is 2.68. The third-order valence-corrected chi connectivity index (χ3v) is 4.06. The molecule has 1 aromatic rings. The molecule has 0 aliphatic carbocycles. The maximum absolute atomic E-state index is 12.4. The number of hydroxylamine groups is 3. The van der Waals surface area contributed by atoms with Gasteiger partial charge in [-0.05, 0) is 39.8 Å². The highest BCUT2D eigenvalue weighted by Crippen LogP contribution is 2.38. The van der Waals surface area contributed by atoms with Gasteiger partial charge in [0.05, 0.1) is 5.56 Å². The molecule has 2 rings (SSSR count). The van der Waals surface area contributed by atoms with Gasteiger partial charge in [-0.3, -0.25) is 4.74 Å². The van der Waals surface area contributed by atoms with Gasteiger partial charge in [0.15, 0.2) is 5.54 Å². The van der Waals surface area contributed by atoms with Crippen molar-refractivity contribution in [1.82, 2.24) is 5.06 Å². The van der Waals surface area contributed by atoms with Gasteiger partial charge in [-0.25, -0.2) is 0 Å². The van der Waals surface area contributed by atoms with Crippen molar-refractivity contribution in [3.63, 3.8) is 0 Å². The Hall–Kier alpha value is -1.95. The highest BCUT2D eigenvalue weighted by atomic mass is 16.5. The van der Waals surface area contributed by atoms with Crippen LogP contribution in [0.5, 0.6) is 11.5 Å². The van der Waals surface area contributed by atoms with E-state index in [1.165, 1.54) is 12.1 Å². The van der Waals surface area contributed by atoms with Crippen molar-refractivity contribution in [1.29, 1.82) is 0 Å². The SMILES string of the molecule is CC1(C)N([O])C(c2cc(O)cc(O)c2)=[N+]([O-])C1(C)C. The third-order valence-electron chi connectivity index (χ3n) is 4.06. The molecule has 0 amide bonds. The summed E-state index contributed by atoms with van der Waals surface area (Å²) >= 11 is 0. The molecule has 0 bridgehead atoms. The lowest BCUT2D eigenvalue weighted by Crippen LogP contribution is -2.53. The Morgan fingerprint density at radius 3 is 1.95 bits per heavy atom. The molecule has 0 fully saturated rings. The predicted molar refractivity (Wildman–Crippen MR) is 68.2 cm³/mol. The lowest BCUT2D eigenvalue weighted by molar-refractivity contribution is -0.539. The third kappa shape index (κ3) is 1.71. The zero-order valence-electron chi connectivity index (χ0n) is 11.3. The van der Waals surface area contributed by atoms with Crippen molar-refractivity contribution in [2.75, 3.05) is 0 Å². The molecule has 1 aromatic carbocycles. The summed E-state index contributed by atoms with van der Waals surface area (Å²) in [6.45, 7) is 6.72. The molecule has 0 spiro atoms. The monoisotopic (exact) mass is 265 g/mol. The molecule has 1 aliphatic rings. The second kappa shape index (κ2) is 3.77. The van der Waals surface area contributed by atoms with Crippen molar-refractivity contribution in [2.24, 2.45) is 0 Å². The van der Waals surface area contributed by atoms with E-state index in [1.54, 1.807) is 27.7 Å². The highest BCUT2D eigenvalue weighted by molar-refractivity contribution is 5.96. The maximum Gasteiger partial charge on any atom is 0.317 e. The number of nitrogens with zero attached hydrogens (tertiary/aromatic N) is 2. The maximum atomic E-state index is 12.4. The highest BCUT2D eigenvalue weighted by Gasteiger charge is 2.60. The van der Waals surface area contributed by atoms with Gasteiger partial charge in [0.2, 0.25) is 0 Å². The summed E-state index contributed by atoms with van der Waals surface area (Å²) in [5.41, 5.74) is -1.66. The lowest BCUT2D eigenvalue weighted by Gasteiger charge is -2.32. The molecule has 0 saturated carbocycles. The van der Waals surface area contributed by atoms with Gasteiger partial charge >= 0.3 is 5.84 Å². The van der Waals surface area contributed by atoms with Crippen LogP contribution in [0.2, 0.25) is 0 Å². The van der Waals surface area contributed by atoms with E-state index in [2.05, 4.69) is 0 Å². The molecule has 103 valence electrons. The van der Waals surface area contributed by atoms with Crippen molar-refractivity contribution < 1.29 is 20.2 Å². The Bertz CT molecular complexity index is 544. The second-order valence-corrected chi connectivity index (χ2v) is 5.77. The summed E-state index contributed by atoms with van der Waals surface area (Å²) in [4.78, 5) is 0. The van der Waals surface area contributed by atoms with Gasteiger partial charge in [-0.1, -0.05) is 5.06 Å².